The van der Waals surface area contributed by atoms with Crippen molar-refractivity contribution in [2.45, 2.75) is 24.9 Å². The minimum atomic E-state index is -0.634. The lowest BCUT2D eigenvalue weighted by Gasteiger charge is -2.39. The molecular formula is C25H25NO. The molecule has 3 aromatic carbocycles. The van der Waals surface area contributed by atoms with Crippen LogP contribution < -0.4 is 5.32 Å². The van der Waals surface area contributed by atoms with Gasteiger partial charge < -0.3 is 4.79 Å². The minimum Gasteiger partial charge on any atom is -0.302 e. The molecular weight excluding hydrogens is 330 g/mol. The van der Waals surface area contributed by atoms with Gasteiger partial charge in [-0.3, -0.25) is 5.32 Å². The zero-order valence-corrected chi connectivity index (χ0v) is 15.6. The van der Waals surface area contributed by atoms with Crippen molar-refractivity contribution in [2.24, 2.45) is 0 Å². The normalized spacial score (nSPS) is 12.3. The highest BCUT2D eigenvalue weighted by Gasteiger charge is 2.37. The molecule has 1 atom stereocenters. The van der Waals surface area contributed by atoms with Crippen molar-refractivity contribution in [1.82, 2.24) is 5.32 Å². The van der Waals surface area contributed by atoms with Crippen LogP contribution in [0.1, 0.15) is 30.0 Å². The first-order chi connectivity index (χ1) is 13.2. The summed E-state index contributed by atoms with van der Waals surface area (Å²) in [7, 11) is 0. The Morgan fingerprint density at radius 1 is 0.852 bits per heavy atom. The summed E-state index contributed by atoms with van der Waals surface area (Å²) in [6.07, 6.45) is 1.58. The van der Waals surface area contributed by atoms with Gasteiger partial charge in [0.1, 0.15) is 6.29 Å². The molecule has 0 heterocycles. The predicted octanol–water partition coefficient (Wildman–Crippen LogP) is 5.10. The van der Waals surface area contributed by atoms with Crippen molar-refractivity contribution < 1.29 is 4.79 Å². The van der Waals surface area contributed by atoms with Gasteiger partial charge in [-0.05, 0) is 30.0 Å². The summed E-state index contributed by atoms with van der Waals surface area (Å²) in [5, 5.41) is 3.67. The van der Waals surface area contributed by atoms with Gasteiger partial charge >= 0.3 is 0 Å². The quantitative estimate of drug-likeness (QED) is 0.346. The van der Waals surface area contributed by atoms with E-state index in [4.69, 9.17) is 0 Å². The molecule has 2 heteroatoms. The Labute approximate surface area is 161 Å². The van der Waals surface area contributed by atoms with Crippen LogP contribution in [0.4, 0.5) is 0 Å². The molecule has 0 radical (unpaired) electrons. The van der Waals surface area contributed by atoms with Crippen LogP contribution in [0.3, 0.4) is 0 Å². The SMILES string of the molecule is C=C(C)CC(C=O)NC(c1ccccc1)(c1ccccc1)c1ccccc1. The summed E-state index contributed by atoms with van der Waals surface area (Å²) >= 11 is 0. The number of benzene rings is 3. The molecule has 0 saturated heterocycles. The Morgan fingerprint density at radius 2 is 1.22 bits per heavy atom. The standard InChI is InChI=1S/C25H25NO/c1-20(2)18-24(19-27)26-25(21-12-6-3-7-13-21,22-14-8-4-9-15-22)23-16-10-5-11-17-23/h3-17,19,24,26H,1,18H2,2H3. The molecule has 0 aliphatic carbocycles. The van der Waals surface area contributed by atoms with Crippen molar-refractivity contribution >= 4 is 6.29 Å². The largest absolute Gasteiger partial charge is 0.302 e. The topological polar surface area (TPSA) is 29.1 Å². The molecule has 0 amide bonds. The fourth-order valence-electron chi connectivity index (χ4n) is 3.60. The van der Waals surface area contributed by atoms with Gasteiger partial charge in [-0.15, -0.1) is 6.58 Å². The Hall–Kier alpha value is -2.97. The number of carbonyl (C=O) groups is 1. The van der Waals surface area contributed by atoms with Crippen molar-refractivity contribution in [1.29, 1.82) is 0 Å². The fourth-order valence-corrected chi connectivity index (χ4v) is 3.60. The molecule has 1 N–H and O–H groups in total. The lowest BCUT2D eigenvalue weighted by molar-refractivity contribution is -0.109. The third-order valence-corrected chi connectivity index (χ3v) is 4.75. The van der Waals surface area contributed by atoms with E-state index in [1.807, 2.05) is 61.5 Å². The van der Waals surface area contributed by atoms with Crippen LogP contribution in [0.15, 0.2) is 103 Å². The lowest BCUT2D eigenvalue weighted by atomic mass is 9.76. The van der Waals surface area contributed by atoms with Gasteiger partial charge in [0.2, 0.25) is 0 Å². The van der Waals surface area contributed by atoms with Crippen molar-refractivity contribution in [3.8, 4) is 0 Å². The summed E-state index contributed by atoms with van der Waals surface area (Å²) < 4.78 is 0. The maximum absolute atomic E-state index is 11.9. The zero-order valence-electron chi connectivity index (χ0n) is 15.6. The van der Waals surface area contributed by atoms with E-state index < -0.39 is 5.54 Å². The number of rotatable bonds is 8. The third-order valence-electron chi connectivity index (χ3n) is 4.75. The van der Waals surface area contributed by atoms with E-state index in [2.05, 4.69) is 48.3 Å². The smallest absolute Gasteiger partial charge is 0.137 e. The average Bonchev–Trinajstić information content (AvgIpc) is 2.73. The molecule has 0 fully saturated rings. The summed E-state index contributed by atoms with van der Waals surface area (Å²) in [5.74, 6) is 0. The number of nitrogens with one attached hydrogen (secondary N) is 1. The van der Waals surface area contributed by atoms with Crippen molar-refractivity contribution in [3.63, 3.8) is 0 Å². The van der Waals surface area contributed by atoms with Gasteiger partial charge in [0.05, 0.1) is 11.6 Å². The van der Waals surface area contributed by atoms with Crippen LogP contribution >= 0.6 is 0 Å². The maximum atomic E-state index is 11.9. The van der Waals surface area contributed by atoms with Gasteiger partial charge in [0.25, 0.3) is 0 Å². The average molecular weight is 355 g/mol. The molecule has 2 nitrogen and oxygen atoms in total. The minimum absolute atomic E-state index is 0.344. The van der Waals surface area contributed by atoms with E-state index >= 15 is 0 Å². The number of hydrogen-bond donors (Lipinski definition) is 1. The first-order valence-electron chi connectivity index (χ1n) is 9.21. The summed E-state index contributed by atoms with van der Waals surface area (Å²) in [6, 6.07) is 30.5. The highest BCUT2D eigenvalue weighted by molar-refractivity contribution is 5.60. The van der Waals surface area contributed by atoms with E-state index in [1.165, 1.54) is 0 Å². The van der Waals surface area contributed by atoms with Gasteiger partial charge in [0.15, 0.2) is 0 Å². The van der Waals surface area contributed by atoms with Gasteiger partial charge in [0, 0.05) is 0 Å². The molecule has 0 aliphatic rings. The number of hydrogen-bond acceptors (Lipinski definition) is 2. The van der Waals surface area contributed by atoms with Gasteiger partial charge in [-0.25, -0.2) is 0 Å². The molecule has 136 valence electrons. The Morgan fingerprint density at radius 3 is 1.52 bits per heavy atom. The second-order valence-electron chi connectivity index (χ2n) is 6.90. The Kier molecular flexibility index (Phi) is 6.00. The monoisotopic (exact) mass is 355 g/mol. The molecule has 27 heavy (non-hydrogen) atoms. The highest BCUT2D eigenvalue weighted by Crippen LogP contribution is 2.37. The second-order valence-corrected chi connectivity index (χ2v) is 6.90. The van der Waals surface area contributed by atoms with E-state index in [1.54, 1.807) is 0 Å². The number of aldehydes is 1. The Balaban J connectivity index is 2.25. The molecule has 0 bridgehead atoms. The molecule has 3 aromatic rings. The van der Waals surface area contributed by atoms with Crippen LogP contribution in [0, 0.1) is 0 Å². The first-order valence-corrected chi connectivity index (χ1v) is 9.21. The predicted molar refractivity (Wildman–Crippen MR) is 112 cm³/mol. The van der Waals surface area contributed by atoms with Crippen LogP contribution in [0.2, 0.25) is 0 Å². The van der Waals surface area contributed by atoms with E-state index in [9.17, 15) is 4.79 Å². The molecule has 0 aromatic heterocycles. The molecule has 0 spiro atoms. The zero-order chi connectivity index (χ0) is 19.1. The van der Waals surface area contributed by atoms with Crippen LogP contribution in [-0.2, 0) is 10.3 Å². The maximum Gasteiger partial charge on any atom is 0.137 e. The van der Waals surface area contributed by atoms with Crippen molar-refractivity contribution in [2.75, 3.05) is 0 Å². The van der Waals surface area contributed by atoms with Gasteiger partial charge in [-0.2, -0.15) is 0 Å². The van der Waals surface area contributed by atoms with E-state index in [-0.39, 0.29) is 6.04 Å². The molecule has 0 saturated carbocycles. The summed E-state index contributed by atoms with van der Waals surface area (Å²) in [5.41, 5.74) is 3.62. The van der Waals surface area contributed by atoms with Crippen LogP contribution in [-0.4, -0.2) is 12.3 Å². The van der Waals surface area contributed by atoms with Crippen LogP contribution in [0.5, 0.6) is 0 Å². The van der Waals surface area contributed by atoms with Crippen molar-refractivity contribution in [3.05, 3.63) is 120 Å². The van der Waals surface area contributed by atoms with E-state index in [0.29, 0.717) is 6.42 Å². The third kappa shape index (κ3) is 4.07. The lowest BCUT2D eigenvalue weighted by Crippen LogP contribution is -2.50. The molecule has 3 rings (SSSR count). The van der Waals surface area contributed by atoms with Crippen LogP contribution in [0.25, 0.3) is 0 Å². The molecule has 0 aliphatic heterocycles. The fraction of sp³-hybridized carbons (Fsp3) is 0.160. The van der Waals surface area contributed by atoms with Gasteiger partial charge in [-0.1, -0.05) is 96.6 Å². The summed E-state index contributed by atoms with van der Waals surface area (Å²) in [4.78, 5) is 11.9. The molecule has 1 unspecified atom stereocenters. The Bertz CT molecular complexity index is 775. The highest BCUT2D eigenvalue weighted by atomic mass is 16.1. The summed E-state index contributed by atoms with van der Waals surface area (Å²) in [6.45, 7) is 5.94. The number of carbonyl (C=O) groups excluding carboxylic acids is 1. The second kappa shape index (κ2) is 8.61. The first kappa shape index (κ1) is 18.8. The van der Waals surface area contributed by atoms with E-state index in [0.717, 1.165) is 28.5 Å².